The van der Waals surface area contributed by atoms with E-state index in [9.17, 15) is 9.18 Å². The molecule has 0 radical (unpaired) electrons. The number of aromatic nitrogens is 1. The maximum Gasteiger partial charge on any atom is 0.253 e. The van der Waals surface area contributed by atoms with Crippen molar-refractivity contribution in [2.75, 3.05) is 12.1 Å². The molecule has 0 saturated carbocycles. The monoisotopic (exact) mass is 365 g/mol. The van der Waals surface area contributed by atoms with E-state index in [0.717, 1.165) is 5.56 Å². The van der Waals surface area contributed by atoms with Gasteiger partial charge in [0.15, 0.2) is 11.5 Å². The normalized spacial score (nSPS) is 11.9. The van der Waals surface area contributed by atoms with E-state index >= 15 is 0 Å². The first-order chi connectivity index (χ1) is 13.2. The smallest absolute Gasteiger partial charge is 0.253 e. The molecule has 7 heteroatoms. The third kappa shape index (κ3) is 3.98. The van der Waals surface area contributed by atoms with E-state index < -0.39 is 0 Å². The summed E-state index contributed by atoms with van der Waals surface area (Å²) in [6, 6.07) is 14.9. The molecule has 1 aliphatic rings. The Kier molecular flexibility index (Phi) is 4.57. The summed E-state index contributed by atoms with van der Waals surface area (Å²) < 4.78 is 23.8. The molecule has 0 aliphatic carbocycles. The van der Waals surface area contributed by atoms with E-state index in [4.69, 9.17) is 9.47 Å². The highest BCUT2D eigenvalue weighted by molar-refractivity contribution is 5.94. The summed E-state index contributed by atoms with van der Waals surface area (Å²) in [5, 5.41) is 5.82. The first-order valence-corrected chi connectivity index (χ1v) is 8.33. The summed E-state index contributed by atoms with van der Waals surface area (Å²) in [7, 11) is 0. The third-order valence-electron chi connectivity index (χ3n) is 4.01. The highest BCUT2D eigenvalue weighted by Gasteiger charge is 2.13. The zero-order valence-corrected chi connectivity index (χ0v) is 14.2. The van der Waals surface area contributed by atoms with Gasteiger partial charge in [-0.2, -0.15) is 0 Å². The summed E-state index contributed by atoms with van der Waals surface area (Å²) >= 11 is 0. The minimum atomic E-state index is -0.334. The number of fused-ring (bicyclic) bond motifs is 1. The average molecular weight is 365 g/mol. The number of nitrogens with zero attached hydrogens (tertiary/aromatic N) is 1. The van der Waals surface area contributed by atoms with Crippen molar-refractivity contribution in [3.05, 3.63) is 77.7 Å². The van der Waals surface area contributed by atoms with E-state index in [-0.39, 0.29) is 18.5 Å². The van der Waals surface area contributed by atoms with Gasteiger partial charge in [-0.3, -0.25) is 4.79 Å². The largest absolute Gasteiger partial charge is 0.454 e. The van der Waals surface area contributed by atoms with Crippen LogP contribution < -0.4 is 20.1 Å². The van der Waals surface area contributed by atoms with E-state index in [1.807, 2.05) is 18.2 Å². The summed E-state index contributed by atoms with van der Waals surface area (Å²) in [5.41, 5.74) is 1.92. The van der Waals surface area contributed by atoms with Crippen molar-refractivity contribution in [1.29, 1.82) is 0 Å². The number of anilines is 2. The molecule has 2 aromatic carbocycles. The zero-order valence-electron chi connectivity index (χ0n) is 14.2. The minimum Gasteiger partial charge on any atom is -0.454 e. The van der Waals surface area contributed by atoms with Crippen molar-refractivity contribution in [2.45, 2.75) is 6.54 Å². The Labute approximate surface area is 155 Å². The molecule has 0 atom stereocenters. The van der Waals surface area contributed by atoms with Gasteiger partial charge in [0.25, 0.3) is 5.91 Å². The highest BCUT2D eigenvalue weighted by Crippen LogP contribution is 2.32. The Morgan fingerprint density at radius 1 is 1.07 bits per heavy atom. The van der Waals surface area contributed by atoms with Crippen LogP contribution in [0.4, 0.5) is 15.9 Å². The number of carbonyl (C=O) groups is 1. The van der Waals surface area contributed by atoms with Crippen molar-refractivity contribution in [2.24, 2.45) is 0 Å². The molecule has 0 fully saturated rings. The fourth-order valence-corrected chi connectivity index (χ4v) is 2.65. The molecule has 6 nitrogen and oxygen atoms in total. The van der Waals surface area contributed by atoms with Crippen LogP contribution >= 0.6 is 0 Å². The first-order valence-electron chi connectivity index (χ1n) is 8.33. The van der Waals surface area contributed by atoms with Gasteiger partial charge in [0, 0.05) is 18.4 Å². The maximum absolute atomic E-state index is 13.2. The second-order valence-corrected chi connectivity index (χ2v) is 5.94. The van der Waals surface area contributed by atoms with Crippen LogP contribution in [-0.2, 0) is 6.54 Å². The lowest BCUT2D eigenvalue weighted by Gasteiger charge is -2.08. The molecular weight excluding hydrogens is 349 g/mol. The van der Waals surface area contributed by atoms with Crippen molar-refractivity contribution in [3.8, 4) is 11.5 Å². The van der Waals surface area contributed by atoms with E-state index in [1.54, 1.807) is 24.3 Å². The fraction of sp³-hybridized carbons (Fsp3) is 0.100. The molecule has 0 saturated heterocycles. The predicted molar refractivity (Wildman–Crippen MR) is 97.7 cm³/mol. The third-order valence-corrected chi connectivity index (χ3v) is 4.01. The van der Waals surface area contributed by atoms with Gasteiger partial charge in [0.2, 0.25) is 6.79 Å². The lowest BCUT2D eigenvalue weighted by molar-refractivity contribution is 0.0950. The molecule has 0 spiro atoms. The van der Waals surface area contributed by atoms with Gasteiger partial charge in [0.05, 0.1) is 5.56 Å². The predicted octanol–water partition coefficient (Wildman–Crippen LogP) is 3.62. The second-order valence-electron chi connectivity index (χ2n) is 5.94. The van der Waals surface area contributed by atoms with E-state index in [0.29, 0.717) is 35.1 Å². The molecule has 2 N–H and O–H groups in total. The van der Waals surface area contributed by atoms with Crippen molar-refractivity contribution in [1.82, 2.24) is 10.3 Å². The molecule has 0 unspecified atom stereocenters. The minimum absolute atomic E-state index is 0.215. The van der Waals surface area contributed by atoms with Gasteiger partial charge in [0.1, 0.15) is 11.6 Å². The first kappa shape index (κ1) is 16.8. The van der Waals surface area contributed by atoms with Gasteiger partial charge < -0.3 is 20.1 Å². The Bertz CT molecular complexity index is 976. The van der Waals surface area contributed by atoms with Gasteiger partial charge in [-0.05, 0) is 48.0 Å². The SMILES string of the molecule is O=C(NCc1ccc2c(c1)OCO2)c1ccc(Nc2cccc(F)c2)nc1. The lowest BCUT2D eigenvalue weighted by atomic mass is 10.2. The number of rotatable bonds is 5. The molecule has 1 amide bonds. The van der Waals surface area contributed by atoms with Crippen LogP contribution in [0.5, 0.6) is 11.5 Å². The van der Waals surface area contributed by atoms with Gasteiger partial charge in [-0.25, -0.2) is 9.37 Å². The number of halogens is 1. The molecule has 3 aromatic rings. The standard InChI is InChI=1S/C20H16FN3O3/c21-15-2-1-3-16(9-15)24-19-7-5-14(11-22-19)20(25)23-10-13-4-6-17-18(8-13)27-12-26-17/h1-9,11H,10,12H2,(H,22,24)(H,23,25). The van der Waals surface area contributed by atoms with Crippen LogP contribution in [0.1, 0.15) is 15.9 Å². The topological polar surface area (TPSA) is 72.5 Å². The number of hydrogen-bond donors (Lipinski definition) is 2. The van der Waals surface area contributed by atoms with Crippen molar-refractivity contribution in [3.63, 3.8) is 0 Å². The van der Waals surface area contributed by atoms with Crippen LogP contribution in [0.15, 0.2) is 60.8 Å². The number of carbonyl (C=O) groups excluding carboxylic acids is 1. The summed E-state index contributed by atoms with van der Waals surface area (Å²) in [5.74, 6) is 1.33. The number of amides is 1. The van der Waals surface area contributed by atoms with E-state index in [1.165, 1.54) is 18.3 Å². The quantitative estimate of drug-likeness (QED) is 0.722. The molecule has 1 aromatic heterocycles. The maximum atomic E-state index is 13.2. The highest BCUT2D eigenvalue weighted by atomic mass is 19.1. The zero-order chi connectivity index (χ0) is 18.6. The molecule has 2 heterocycles. The van der Waals surface area contributed by atoms with Crippen LogP contribution in [0.2, 0.25) is 0 Å². The van der Waals surface area contributed by atoms with Crippen LogP contribution in [-0.4, -0.2) is 17.7 Å². The van der Waals surface area contributed by atoms with Gasteiger partial charge in [-0.15, -0.1) is 0 Å². The Morgan fingerprint density at radius 2 is 1.96 bits per heavy atom. The number of hydrogen-bond acceptors (Lipinski definition) is 5. The van der Waals surface area contributed by atoms with Gasteiger partial charge >= 0.3 is 0 Å². The molecule has 27 heavy (non-hydrogen) atoms. The summed E-state index contributed by atoms with van der Waals surface area (Å²) in [6.45, 7) is 0.575. The number of pyridine rings is 1. The summed E-state index contributed by atoms with van der Waals surface area (Å²) in [4.78, 5) is 16.5. The number of benzene rings is 2. The lowest BCUT2D eigenvalue weighted by Crippen LogP contribution is -2.22. The second kappa shape index (κ2) is 7.33. The molecule has 136 valence electrons. The Morgan fingerprint density at radius 3 is 2.78 bits per heavy atom. The summed E-state index contributed by atoms with van der Waals surface area (Å²) in [6.07, 6.45) is 1.47. The van der Waals surface area contributed by atoms with Crippen molar-refractivity contribution < 1.29 is 18.7 Å². The van der Waals surface area contributed by atoms with Gasteiger partial charge in [-0.1, -0.05) is 12.1 Å². The number of nitrogens with one attached hydrogen (secondary N) is 2. The molecule has 0 bridgehead atoms. The Hall–Kier alpha value is -3.61. The molecular formula is C20H16FN3O3. The number of ether oxygens (including phenoxy) is 2. The van der Waals surface area contributed by atoms with Crippen LogP contribution in [0, 0.1) is 5.82 Å². The van der Waals surface area contributed by atoms with Crippen LogP contribution in [0.25, 0.3) is 0 Å². The van der Waals surface area contributed by atoms with Crippen molar-refractivity contribution >= 4 is 17.4 Å². The van der Waals surface area contributed by atoms with E-state index in [2.05, 4.69) is 15.6 Å². The Balaban J connectivity index is 1.36. The molecule has 4 rings (SSSR count). The average Bonchev–Trinajstić information content (AvgIpc) is 3.14. The molecule has 1 aliphatic heterocycles. The fourth-order valence-electron chi connectivity index (χ4n) is 2.65. The van der Waals surface area contributed by atoms with Crippen LogP contribution in [0.3, 0.4) is 0 Å².